The first-order chi connectivity index (χ1) is 11.3. The van der Waals surface area contributed by atoms with E-state index in [1.165, 1.54) is 18.5 Å². The van der Waals surface area contributed by atoms with Gasteiger partial charge in [-0.3, -0.25) is 0 Å². The lowest BCUT2D eigenvalue weighted by molar-refractivity contribution is 0.389. The number of rotatable bonds is 2. The molecule has 0 saturated carbocycles. The molecule has 1 aromatic heterocycles. The lowest BCUT2D eigenvalue weighted by Crippen LogP contribution is -2.48. The third-order valence-corrected chi connectivity index (χ3v) is 5.16. The van der Waals surface area contributed by atoms with Crippen LogP contribution < -0.4 is 9.80 Å². The van der Waals surface area contributed by atoms with Gasteiger partial charge in [0.2, 0.25) is 0 Å². The molecule has 2 atom stereocenters. The Labute approximate surface area is 137 Å². The SMILES string of the molecule is N#Cc1ccc(N2CCC3CCN(c4ccccn4)CC32)cc1. The van der Waals surface area contributed by atoms with Gasteiger partial charge in [0.1, 0.15) is 5.82 Å². The van der Waals surface area contributed by atoms with Crippen molar-refractivity contribution in [2.75, 3.05) is 29.4 Å². The van der Waals surface area contributed by atoms with Crippen molar-refractivity contribution >= 4 is 11.5 Å². The Hall–Kier alpha value is -2.54. The first kappa shape index (κ1) is 14.1. The van der Waals surface area contributed by atoms with Crippen molar-refractivity contribution in [3.8, 4) is 6.07 Å². The van der Waals surface area contributed by atoms with Crippen LogP contribution in [0, 0.1) is 17.2 Å². The summed E-state index contributed by atoms with van der Waals surface area (Å²) in [6.07, 6.45) is 4.36. The van der Waals surface area contributed by atoms with E-state index in [1.54, 1.807) is 0 Å². The minimum Gasteiger partial charge on any atom is -0.366 e. The second-order valence-electron chi connectivity index (χ2n) is 6.39. The van der Waals surface area contributed by atoms with Gasteiger partial charge in [0.25, 0.3) is 0 Å². The molecule has 2 fully saturated rings. The summed E-state index contributed by atoms with van der Waals surface area (Å²) >= 11 is 0. The van der Waals surface area contributed by atoms with Gasteiger partial charge in [0.05, 0.1) is 11.6 Å². The zero-order chi connectivity index (χ0) is 15.6. The molecule has 2 aliphatic rings. The fraction of sp³-hybridized carbons (Fsp3) is 0.368. The molecule has 0 radical (unpaired) electrons. The van der Waals surface area contributed by atoms with E-state index >= 15 is 0 Å². The van der Waals surface area contributed by atoms with Crippen molar-refractivity contribution in [2.45, 2.75) is 18.9 Å². The molecule has 116 valence electrons. The minimum absolute atomic E-state index is 0.540. The molecule has 2 aliphatic heterocycles. The van der Waals surface area contributed by atoms with Crippen molar-refractivity contribution in [2.24, 2.45) is 5.92 Å². The predicted molar refractivity (Wildman–Crippen MR) is 91.5 cm³/mol. The number of piperidine rings is 1. The van der Waals surface area contributed by atoms with Gasteiger partial charge in [-0.25, -0.2) is 4.98 Å². The van der Waals surface area contributed by atoms with Gasteiger partial charge in [0, 0.05) is 37.6 Å². The van der Waals surface area contributed by atoms with Gasteiger partial charge in [0.15, 0.2) is 0 Å². The van der Waals surface area contributed by atoms with Crippen LogP contribution in [0.1, 0.15) is 18.4 Å². The largest absolute Gasteiger partial charge is 0.366 e. The zero-order valence-electron chi connectivity index (χ0n) is 13.1. The summed E-state index contributed by atoms with van der Waals surface area (Å²) in [5.74, 6) is 1.85. The van der Waals surface area contributed by atoms with Crippen molar-refractivity contribution in [3.63, 3.8) is 0 Å². The van der Waals surface area contributed by atoms with E-state index in [2.05, 4.69) is 45.1 Å². The fourth-order valence-corrected chi connectivity index (χ4v) is 3.94. The highest BCUT2D eigenvalue weighted by Gasteiger charge is 2.38. The van der Waals surface area contributed by atoms with Crippen LogP contribution in [0.2, 0.25) is 0 Å². The Morgan fingerprint density at radius 3 is 2.61 bits per heavy atom. The van der Waals surface area contributed by atoms with E-state index in [4.69, 9.17) is 5.26 Å². The zero-order valence-corrected chi connectivity index (χ0v) is 13.1. The van der Waals surface area contributed by atoms with Crippen LogP contribution in [-0.2, 0) is 0 Å². The Balaban J connectivity index is 1.55. The Morgan fingerprint density at radius 2 is 1.87 bits per heavy atom. The normalized spacial score (nSPS) is 23.4. The average Bonchev–Trinajstić information content (AvgIpc) is 3.05. The molecule has 0 N–H and O–H groups in total. The second-order valence-corrected chi connectivity index (χ2v) is 6.39. The van der Waals surface area contributed by atoms with E-state index in [-0.39, 0.29) is 0 Å². The van der Waals surface area contributed by atoms with Crippen molar-refractivity contribution in [1.82, 2.24) is 4.98 Å². The number of hydrogen-bond donors (Lipinski definition) is 0. The van der Waals surface area contributed by atoms with Crippen LogP contribution in [0.15, 0.2) is 48.7 Å². The predicted octanol–water partition coefficient (Wildman–Crippen LogP) is 3.06. The molecule has 2 aromatic rings. The van der Waals surface area contributed by atoms with Gasteiger partial charge in [-0.05, 0) is 55.2 Å². The van der Waals surface area contributed by atoms with E-state index in [9.17, 15) is 0 Å². The summed E-state index contributed by atoms with van der Waals surface area (Å²) in [4.78, 5) is 9.43. The highest BCUT2D eigenvalue weighted by molar-refractivity contribution is 5.53. The number of anilines is 2. The van der Waals surface area contributed by atoms with Crippen LogP contribution >= 0.6 is 0 Å². The second kappa shape index (κ2) is 5.92. The summed E-state index contributed by atoms with van der Waals surface area (Å²) in [7, 11) is 0. The lowest BCUT2D eigenvalue weighted by Gasteiger charge is -2.39. The Bertz CT molecular complexity index is 704. The van der Waals surface area contributed by atoms with Crippen LogP contribution in [0.25, 0.3) is 0 Å². The maximum Gasteiger partial charge on any atom is 0.128 e. The quantitative estimate of drug-likeness (QED) is 0.855. The molecular weight excluding hydrogens is 284 g/mol. The summed E-state index contributed by atoms with van der Waals surface area (Å²) in [5.41, 5.74) is 1.96. The molecular formula is C19H20N4. The summed E-state index contributed by atoms with van der Waals surface area (Å²) < 4.78 is 0. The number of hydrogen-bond acceptors (Lipinski definition) is 4. The lowest BCUT2D eigenvalue weighted by atomic mass is 9.92. The Morgan fingerprint density at radius 1 is 1.04 bits per heavy atom. The maximum atomic E-state index is 8.96. The fourth-order valence-electron chi connectivity index (χ4n) is 3.94. The first-order valence-electron chi connectivity index (χ1n) is 8.28. The molecule has 3 heterocycles. The maximum absolute atomic E-state index is 8.96. The summed E-state index contributed by atoms with van der Waals surface area (Å²) in [5, 5.41) is 8.96. The van der Waals surface area contributed by atoms with Gasteiger partial charge < -0.3 is 9.80 Å². The number of benzene rings is 1. The standard InChI is InChI=1S/C19H20N4/c20-13-15-4-6-17(7-5-15)23-12-9-16-8-11-22(14-18(16)23)19-3-1-2-10-21-19/h1-7,10,16,18H,8-9,11-12,14H2. The van der Waals surface area contributed by atoms with Gasteiger partial charge in [-0.1, -0.05) is 6.07 Å². The van der Waals surface area contributed by atoms with Crippen molar-refractivity contribution in [1.29, 1.82) is 5.26 Å². The third kappa shape index (κ3) is 2.63. The number of nitrogens with zero attached hydrogens (tertiary/aromatic N) is 4. The molecule has 4 rings (SSSR count). The van der Waals surface area contributed by atoms with Gasteiger partial charge in [-0.2, -0.15) is 5.26 Å². The molecule has 1 aromatic carbocycles. The number of aromatic nitrogens is 1. The first-order valence-corrected chi connectivity index (χ1v) is 8.28. The molecule has 4 heteroatoms. The smallest absolute Gasteiger partial charge is 0.128 e. The van der Waals surface area contributed by atoms with Crippen molar-refractivity contribution < 1.29 is 0 Å². The monoisotopic (exact) mass is 304 g/mol. The average molecular weight is 304 g/mol. The minimum atomic E-state index is 0.540. The van der Waals surface area contributed by atoms with Gasteiger partial charge >= 0.3 is 0 Å². The molecule has 4 nitrogen and oxygen atoms in total. The number of fused-ring (bicyclic) bond motifs is 1. The molecule has 23 heavy (non-hydrogen) atoms. The van der Waals surface area contributed by atoms with Crippen LogP contribution in [0.3, 0.4) is 0 Å². The van der Waals surface area contributed by atoms with Crippen LogP contribution in [0.4, 0.5) is 11.5 Å². The number of nitriles is 1. The molecule has 0 spiro atoms. The summed E-state index contributed by atoms with van der Waals surface area (Å²) in [6, 6.07) is 16.9. The number of pyridine rings is 1. The molecule has 2 unspecified atom stereocenters. The Kier molecular flexibility index (Phi) is 3.63. The van der Waals surface area contributed by atoms with Gasteiger partial charge in [-0.15, -0.1) is 0 Å². The molecule has 0 bridgehead atoms. The van der Waals surface area contributed by atoms with E-state index < -0.39 is 0 Å². The highest BCUT2D eigenvalue weighted by Crippen LogP contribution is 2.36. The molecule has 0 aliphatic carbocycles. The van der Waals surface area contributed by atoms with Crippen molar-refractivity contribution in [3.05, 3.63) is 54.2 Å². The topological polar surface area (TPSA) is 43.2 Å². The van der Waals surface area contributed by atoms with E-state index in [1.807, 2.05) is 24.4 Å². The van der Waals surface area contributed by atoms with Crippen LogP contribution in [-0.4, -0.2) is 30.7 Å². The van der Waals surface area contributed by atoms with Crippen LogP contribution in [0.5, 0.6) is 0 Å². The molecule has 0 amide bonds. The third-order valence-electron chi connectivity index (χ3n) is 5.16. The molecule has 2 saturated heterocycles. The highest BCUT2D eigenvalue weighted by atomic mass is 15.3. The van der Waals surface area contributed by atoms with E-state index in [0.717, 1.165) is 36.9 Å². The van der Waals surface area contributed by atoms with E-state index in [0.29, 0.717) is 6.04 Å². The summed E-state index contributed by atoms with van der Waals surface area (Å²) in [6.45, 7) is 3.23.